The molecule has 114 valence electrons. The molecule has 21 heavy (non-hydrogen) atoms. The summed E-state index contributed by atoms with van der Waals surface area (Å²) >= 11 is 17.0. The van der Waals surface area contributed by atoms with Crippen molar-refractivity contribution in [3.05, 3.63) is 45.5 Å². The first-order valence-corrected chi connectivity index (χ1v) is 7.24. The summed E-state index contributed by atoms with van der Waals surface area (Å²) in [6.07, 6.45) is 2.86. The predicted octanol–water partition coefficient (Wildman–Crippen LogP) is 4.76. The lowest BCUT2D eigenvalue weighted by atomic mass is 10.1. The highest BCUT2D eigenvalue weighted by Crippen LogP contribution is 2.18. The molecule has 0 aliphatic heterocycles. The highest BCUT2D eigenvalue weighted by Gasteiger charge is 2.25. The van der Waals surface area contributed by atoms with Gasteiger partial charge in [-0.25, -0.2) is 10.2 Å². The third-order valence-corrected chi connectivity index (χ3v) is 2.86. The van der Waals surface area contributed by atoms with E-state index in [1.165, 1.54) is 17.3 Å². The first kappa shape index (κ1) is 17.8. The zero-order valence-electron chi connectivity index (χ0n) is 11.9. The predicted molar refractivity (Wildman–Crippen MR) is 89.0 cm³/mol. The fourth-order valence-electron chi connectivity index (χ4n) is 1.42. The zero-order valence-corrected chi connectivity index (χ0v) is 14.2. The summed E-state index contributed by atoms with van der Waals surface area (Å²) in [6, 6.07) is 6.61. The van der Waals surface area contributed by atoms with Crippen molar-refractivity contribution in [3.8, 4) is 0 Å². The normalized spacial score (nSPS) is 11.3. The van der Waals surface area contributed by atoms with Gasteiger partial charge < -0.3 is 0 Å². The van der Waals surface area contributed by atoms with Crippen molar-refractivity contribution >= 4 is 47.0 Å². The molecule has 1 rings (SSSR count). The first-order chi connectivity index (χ1) is 9.70. The van der Waals surface area contributed by atoms with Crippen molar-refractivity contribution in [1.29, 1.82) is 0 Å². The van der Waals surface area contributed by atoms with E-state index in [4.69, 9.17) is 34.8 Å². The van der Waals surface area contributed by atoms with Gasteiger partial charge in [-0.3, -0.25) is 4.90 Å². The van der Waals surface area contributed by atoms with Gasteiger partial charge in [-0.15, -0.1) is 0 Å². The SMILES string of the molecule is CC(C)(C)N(C=C(Cl)Cl)C(=O)N/N=C/c1ccc(Cl)cc1. The van der Waals surface area contributed by atoms with E-state index in [1.807, 2.05) is 20.8 Å². The van der Waals surface area contributed by atoms with Crippen LogP contribution in [0.5, 0.6) is 0 Å². The van der Waals surface area contributed by atoms with Crippen LogP contribution in [0, 0.1) is 0 Å². The minimum atomic E-state index is -0.491. The van der Waals surface area contributed by atoms with Crippen LogP contribution in [-0.4, -0.2) is 22.7 Å². The zero-order chi connectivity index (χ0) is 16.0. The molecule has 0 saturated heterocycles. The summed E-state index contributed by atoms with van der Waals surface area (Å²) in [5.74, 6) is 0. The summed E-state index contributed by atoms with van der Waals surface area (Å²) in [5.41, 5.74) is 2.74. The van der Waals surface area contributed by atoms with Gasteiger partial charge in [-0.2, -0.15) is 5.10 Å². The molecular weight excluding hydrogens is 333 g/mol. The Morgan fingerprint density at radius 3 is 2.29 bits per heavy atom. The molecule has 1 N–H and O–H groups in total. The van der Waals surface area contributed by atoms with Crippen LogP contribution >= 0.6 is 34.8 Å². The topological polar surface area (TPSA) is 44.7 Å². The van der Waals surface area contributed by atoms with Crippen LogP contribution in [0.4, 0.5) is 4.79 Å². The minimum Gasteiger partial charge on any atom is -0.292 e. The van der Waals surface area contributed by atoms with Crippen LogP contribution in [-0.2, 0) is 0 Å². The Bertz CT molecular complexity index is 544. The highest BCUT2D eigenvalue weighted by atomic mass is 35.5. The molecule has 0 saturated carbocycles. The van der Waals surface area contributed by atoms with Gasteiger partial charge >= 0.3 is 6.03 Å². The molecule has 0 radical (unpaired) electrons. The molecular formula is C14H16Cl3N3O. The molecule has 0 aliphatic rings. The number of benzene rings is 1. The third kappa shape index (κ3) is 6.38. The Morgan fingerprint density at radius 2 is 1.81 bits per heavy atom. The smallest absolute Gasteiger partial charge is 0.292 e. The van der Waals surface area contributed by atoms with Crippen LogP contribution < -0.4 is 5.43 Å². The van der Waals surface area contributed by atoms with Crippen molar-refractivity contribution in [3.63, 3.8) is 0 Å². The molecule has 0 bridgehead atoms. The number of urea groups is 1. The molecule has 2 amide bonds. The van der Waals surface area contributed by atoms with E-state index < -0.39 is 11.6 Å². The number of carbonyl (C=O) groups excluding carboxylic acids is 1. The number of nitrogens with one attached hydrogen (secondary N) is 1. The van der Waals surface area contributed by atoms with E-state index in [2.05, 4.69) is 10.5 Å². The molecule has 0 unspecified atom stereocenters. The quantitative estimate of drug-likeness (QED) is 0.621. The van der Waals surface area contributed by atoms with Gasteiger partial charge in [-0.05, 0) is 38.5 Å². The van der Waals surface area contributed by atoms with E-state index in [9.17, 15) is 4.79 Å². The molecule has 0 spiro atoms. The molecule has 0 aliphatic carbocycles. The lowest BCUT2D eigenvalue weighted by molar-refractivity contribution is 0.179. The summed E-state index contributed by atoms with van der Waals surface area (Å²) in [5, 5.41) is 4.52. The fourth-order valence-corrected chi connectivity index (χ4v) is 1.74. The highest BCUT2D eigenvalue weighted by molar-refractivity contribution is 6.55. The Morgan fingerprint density at radius 1 is 1.24 bits per heavy atom. The van der Waals surface area contributed by atoms with Crippen LogP contribution in [0.3, 0.4) is 0 Å². The standard InChI is InChI=1S/C14H16Cl3N3O/c1-14(2,3)20(9-12(16)17)13(21)19-18-8-10-4-6-11(15)7-5-10/h4-9H,1-3H3,(H,19,21)/b18-8+. The van der Waals surface area contributed by atoms with E-state index in [0.717, 1.165) is 5.56 Å². The molecule has 0 fully saturated rings. The molecule has 0 heterocycles. The summed E-state index contributed by atoms with van der Waals surface area (Å²) in [7, 11) is 0. The van der Waals surface area contributed by atoms with Crippen molar-refractivity contribution in [2.45, 2.75) is 26.3 Å². The Labute approximate surface area is 139 Å². The van der Waals surface area contributed by atoms with Crippen molar-refractivity contribution < 1.29 is 4.79 Å². The van der Waals surface area contributed by atoms with Crippen LogP contribution in [0.1, 0.15) is 26.3 Å². The van der Waals surface area contributed by atoms with E-state index in [0.29, 0.717) is 5.02 Å². The molecule has 1 aromatic carbocycles. The Balaban J connectivity index is 2.74. The Kier molecular flexibility index (Phi) is 6.52. The molecule has 0 aromatic heterocycles. The van der Waals surface area contributed by atoms with Crippen molar-refractivity contribution in [2.24, 2.45) is 5.10 Å². The lowest BCUT2D eigenvalue weighted by Gasteiger charge is -2.31. The van der Waals surface area contributed by atoms with Crippen LogP contribution in [0.2, 0.25) is 5.02 Å². The second kappa shape index (κ2) is 7.69. The number of nitrogens with zero attached hydrogens (tertiary/aromatic N) is 2. The maximum absolute atomic E-state index is 12.1. The summed E-state index contributed by atoms with van der Waals surface area (Å²) < 4.78 is -0.0123. The number of halogens is 3. The Hall–Kier alpha value is -1.23. The number of hydrogen-bond donors (Lipinski definition) is 1. The van der Waals surface area contributed by atoms with Gasteiger partial charge in [0, 0.05) is 16.8 Å². The van der Waals surface area contributed by atoms with Gasteiger partial charge in [0.15, 0.2) is 0 Å². The van der Waals surface area contributed by atoms with Gasteiger partial charge in [-0.1, -0.05) is 46.9 Å². The summed E-state index contributed by atoms with van der Waals surface area (Å²) in [6.45, 7) is 5.55. The number of amides is 2. The third-order valence-electron chi connectivity index (χ3n) is 2.41. The fraction of sp³-hybridized carbons (Fsp3) is 0.286. The number of rotatable bonds is 3. The molecule has 7 heteroatoms. The average Bonchev–Trinajstić information content (AvgIpc) is 2.36. The van der Waals surface area contributed by atoms with Gasteiger partial charge in [0.05, 0.1) is 6.21 Å². The van der Waals surface area contributed by atoms with Gasteiger partial charge in [0.1, 0.15) is 4.49 Å². The van der Waals surface area contributed by atoms with Gasteiger partial charge in [0.25, 0.3) is 0 Å². The second-order valence-electron chi connectivity index (χ2n) is 5.19. The van der Waals surface area contributed by atoms with E-state index in [-0.39, 0.29) is 4.49 Å². The number of hydrogen-bond acceptors (Lipinski definition) is 2. The largest absolute Gasteiger partial charge is 0.342 e. The van der Waals surface area contributed by atoms with Crippen molar-refractivity contribution in [2.75, 3.05) is 0 Å². The van der Waals surface area contributed by atoms with Gasteiger partial charge in [0.2, 0.25) is 0 Å². The number of hydrazone groups is 1. The van der Waals surface area contributed by atoms with Crippen LogP contribution in [0.15, 0.2) is 40.1 Å². The molecule has 4 nitrogen and oxygen atoms in total. The second-order valence-corrected chi connectivity index (χ2v) is 6.63. The molecule has 1 aromatic rings. The lowest BCUT2D eigenvalue weighted by Crippen LogP contribution is -2.45. The summed E-state index contributed by atoms with van der Waals surface area (Å²) in [4.78, 5) is 13.5. The number of carbonyl (C=O) groups is 1. The minimum absolute atomic E-state index is 0.0123. The van der Waals surface area contributed by atoms with Crippen molar-refractivity contribution in [1.82, 2.24) is 10.3 Å². The average molecular weight is 349 g/mol. The maximum atomic E-state index is 12.1. The maximum Gasteiger partial charge on any atom is 0.342 e. The molecule has 0 atom stereocenters. The van der Waals surface area contributed by atoms with Crippen LogP contribution in [0.25, 0.3) is 0 Å². The van der Waals surface area contributed by atoms with E-state index >= 15 is 0 Å². The first-order valence-electron chi connectivity index (χ1n) is 6.11. The monoisotopic (exact) mass is 347 g/mol. The van der Waals surface area contributed by atoms with E-state index in [1.54, 1.807) is 24.3 Å².